The number of fused-ring (bicyclic) bond motifs is 1. The molecule has 33 heavy (non-hydrogen) atoms. The first-order chi connectivity index (χ1) is 15.8. The van der Waals surface area contributed by atoms with Crippen LogP contribution in [0.25, 0.3) is 0 Å². The highest BCUT2D eigenvalue weighted by Crippen LogP contribution is 2.35. The molecule has 1 fully saturated rings. The van der Waals surface area contributed by atoms with Crippen LogP contribution in [0.4, 0.5) is 9.80 Å². The minimum atomic E-state index is -1.02. The van der Waals surface area contributed by atoms with Crippen molar-refractivity contribution in [3.8, 4) is 0 Å². The van der Waals surface area contributed by atoms with Gasteiger partial charge < -0.3 is 15.4 Å². The Morgan fingerprint density at radius 2 is 1.94 bits per heavy atom. The second kappa shape index (κ2) is 8.97. The van der Waals surface area contributed by atoms with E-state index < -0.39 is 30.0 Å². The molecule has 8 nitrogen and oxygen atoms in total. The Kier molecular flexibility index (Phi) is 6.25. The first kappa shape index (κ1) is 23.0. The number of carbonyl (C=O) groups excluding carboxylic acids is 4. The Bertz CT molecular complexity index is 1140. The Hall–Kier alpha value is -3.20. The Labute approximate surface area is 196 Å². The number of rotatable bonds is 6. The van der Waals surface area contributed by atoms with Gasteiger partial charge in [-0.05, 0) is 49.8 Å². The average Bonchev–Trinajstić information content (AvgIpc) is 3.21. The number of imide groups is 1. The number of hydrogen-bond acceptors (Lipinski definition) is 6. The van der Waals surface area contributed by atoms with Crippen molar-refractivity contribution in [1.29, 1.82) is 0 Å². The molecule has 2 heterocycles. The van der Waals surface area contributed by atoms with Crippen molar-refractivity contribution in [3.05, 3.63) is 51.4 Å². The largest absolute Gasteiger partial charge is 0.462 e. The summed E-state index contributed by atoms with van der Waals surface area (Å²) in [5.74, 6) is -1.43. The summed E-state index contributed by atoms with van der Waals surface area (Å²) in [6.45, 7) is 5.33. The number of hydrogen-bond donors (Lipinski definition) is 2. The van der Waals surface area contributed by atoms with Gasteiger partial charge in [-0.1, -0.05) is 31.2 Å². The van der Waals surface area contributed by atoms with E-state index in [9.17, 15) is 19.2 Å². The third-order valence-electron chi connectivity index (χ3n) is 6.27. The number of esters is 1. The molecule has 4 amide bonds. The quantitative estimate of drug-likeness (QED) is 0.499. The number of benzene rings is 1. The number of nitrogens with zero attached hydrogens (tertiary/aromatic N) is 1. The molecule has 174 valence electrons. The summed E-state index contributed by atoms with van der Waals surface area (Å²) in [6, 6.07) is 7.30. The van der Waals surface area contributed by atoms with E-state index in [2.05, 4.69) is 10.6 Å². The van der Waals surface area contributed by atoms with Crippen molar-refractivity contribution in [3.63, 3.8) is 0 Å². The molecule has 2 aromatic rings. The van der Waals surface area contributed by atoms with Gasteiger partial charge in [-0.3, -0.25) is 14.5 Å². The summed E-state index contributed by atoms with van der Waals surface area (Å²) >= 11 is 1.28. The van der Waals surface area contributed by atoms with Crippen LogP contribution in [-0.2, 0) is 33.6 Å². The van der Waals surface area contributed by atoms with Gasteiger partial charge in [-0.15, -0.1) is 11.3 Å². The maximum atomic E-state index is 13.2. The summed E-state index contributed by atoms with van der Waals surface area (Å²) in [5, 5.41) is 5.94. The Morgan fingerprint density at radius 1 is 1.21 bits per heavy atom. The molecule has 4 rings (SSSR count). The summed E-state index contributed by atoms with van der Waals surface area (Å²) in [6.07, 6.45) is 2.19. The predicted octanol–water partition coefficient (Wildman–Crippen LogP) is 3.21. The van der Waals surface area contributed by atoms with Crippen LogP contribution >= 0.6 is 11.3 Å². The molecule has 1 aromatic heterocycles. The van der Waals surface area contributed by atoms with Crippen molar-refractivity contribution < 1.29 is 23.9 Å². The number of anilines is 1. The van der Waals surface area contributed by atoms with Gasteiger partial charge in [-0.25, -0.2) is 9.59 Å². The number of ether oxygens (including phenoxy) is 1. The lowest BCUT2D eigenvalue weighted by Gasteiger charge is -2.32. The van der Waals surface area contributed by atoms with Crippen LogP contribution in [0.5, 0.6) is 0 Å². The maximum Gasteiger partial charge on any atom is 0.341 e. The van der Waals surface area contributed by atoms with E-state index in [4.69, 9.17) is 4.74 Å². The molecule has 2 N–H and O–H groups in total. The molecule has 1 aliphatic carbocycles. The fourth-order valence-electron chi connectivity index (χ4n) is 4.67. The number of aryl methyl sites for hydroxylation is 2. The van der Waals surface area contributed by atoms with Gasteiger partial charge in [-0.2, -0.15) is 0 Å². The van der Waals surface area contributed by atoms with Crippen molar-refractivity contribution in [2.75, 3.05) is 18.5 Å². The lowest BCUT2D eigenvalue weighted by atomic mass is 9.78. The van der Waals surface area contributed by atoms with Crippen LogP contribution in [0.15, 0.2) is 24.3 Å². The fraction of sp³-hybridized carbons (Fsp3) is 0.417. The average molecular weight is 470 g/mol. The number of carbonyl (C=O) groups is 4. The molecule has 0 bridgehead atoms. The zero-order chi connectivity index (χ0) is 23.8. The van der Waals surface area contributed by atoms with Crippen molar-refractivity contribution in [2.24, 2.45) is 0 Å². The summed E-state index contributed by atoms with van der Waals surface area (Å²) in [4.78, 5) is 53.1. The molecule has 1 spiro atoms. The lowest BCUT2D eigenvalue weighted by molar-refractivity contribution is -0.134. The van der Waals surface area contributed by atoms with E-state index in [1.807, 2.05) is 38.1 Å². The van der Waals surface area contributed by atoms with E-state index in [-0.39, 0.29) is 12.5 Å². The Balaban J connectivity index is 1.50. The van der Waals surface area contributed by atoms with E-state index in [0.29, 0.717) is 36.2 Å². The lowest BCUT2D eigenvalue weighted by Crippen LogP contribution is -2.51. The van der Waals surface area contributed by atoms with E-state index in [1.54, 1.807) is 6.92 Å². The SMILES string of the molecule is CCOC(=O)c1c(NC(=O)CN2C(=O)NC3(CCc4ccccc4C3)C2=O)sc(C)c1CC. The maximum absolute atomic E-state index is 13.2. The minimum absolute atomic E-state index is 0.220. The molecule has 1 aromatic carbocycles. The zero-order valence-electron chi connectivity index (χ0n) is 18.9. The molecule has 0 radical (unpaired) electrons. The highest BCUT2D eigenvalue weighted by Gasteiger charge is 2.52. The monoisotopic (exact) mass is 469 g/mol. The zero-order valence-corrected chi connectivity index (χ0v) is 19.8. The fourth-order valence-corrected chi connectivity index (χ4v) is 5.82. The van der Waals surface area contributed by atoms with Crippen LogP contribution in [0, 0.1) is 6.92 Å². The standard InChI is InChI=1S/C24H27N3O5S/c1-4-17-14(3)33-20(19(17)21(29)32-5-2)25-18(28)13-27-22(30)24(26-23(27)31)11-10-15-8-6-7-9-16(15)12-24/h6-9H,4-5,10-13H2,1-3H3,(H,25,28)(H,26,31). The van der Waals surface area contributed by atoms with Crippen molar-refractivity contribution >= 4 is 40.2 Å². The van der Waals surface area contributed by atoms with Gasteiger partial charge in [0.05, 0.1) is 12.2 Å². The second-order valence-electron chi connectivity index (χ2n) is 8.31. The molecular weight excluding hydrogens is 442 g/mol. The van der Waals surface area contributed by atoms with Crippen LogP contribution in [-0.4, -0.2) is 47.4 Å². The molecule has 2 aliphatic rings. The van der Waals surface area contributed by atoms with Gasteiger partial charge in [0.25, 0.3) is 5.91 Å². The third kappa shape index (κ3) is 4.13. The minimum Gasteiger partial charge on any atom is -0.462 e. The normalized spacial score (nSPS) is 19.4. The van der Waals surface area contributed by atoms with E-state index in [1.165, 1.54) is 16.9 Å². The van der Waals surface area contributed by atoms with Gasteiger partial charge >= 0.3 is 12.0 Å². The number of amides is 4. The molecule has 1 unspecified atom stereocenters. The van der Waals surface area contributed by atoms with Gasteiger partial charge in [0, 0.05) is 11.3 Å². The summed E-state index contributed by atoms with van der Waals surface area (Å²) in [5.41, 5.74) is 2.35. The molecule has 1 aliphatic heterocycles. The van der Waals surface area contributed by atoms with Crippen LogP contribution in [0.2, 0.25) is 0 Å². The molecule has 0 saturated carbocycles. The first-order valence-corrected chi connectivity index (χ1v) is 11.9. The molecule has 9 heteroatoms. The number of thiophene rings is 1. The molecule has 1 saturated heterocycles. The number of urea groups is 1. The topological polar surface area (TPSA) is 105 Å². The van der Waals surface area contributed by atoms with Crippen LogP contribution in [0.3, 0.4) is 0 Å². The van der Waals surface area contributed by atoms with Crippen LogP contribution in [0.1, 0.15) is 52.2 Å². The van der Waals surface area contributed by atoms with E-state index in [0.717, 1.165) is 20.9 Å². The molecular formula is C24H27N3O5S. The highest BCUT2D eigenvalue weighted by atomic mass is 32.1. The van der Waals surface area contributed by atoms with Crippen molar-refractivity contribution in [2.45, 2.75) is 52.0 Å². The summed E-state index contributed by atoms with van der Waals surface area (Å²) < 4.78 is 5.17. The molecule has 1 atom stereocenters. The smallest absolute Gasteiger partial charge is 0.341 e. The van der Waals surface area contributed by atoms with Crippen molar-refractivity contribution in [1.82, 2.24) is 10.2 Å². The third-order valence-corrected chi connectivity index (χ3v) is 7.34. The number of nitrogens with one attached hydrogen (secondary N) is 2. The van der Waals surface area contributed by atoms with Gasteiger partial charge in [0.15, 0.2) is 0 Å². The predicted molar refractivity (Wildman–Crippen MR) is 124 cm³/mol. The first-order valence-electron chi connectivity index (χ1n) is 11.1. The Morgan fingerprint density at radius 3 is 2.64 bits per heavy atom. The van der Waals surface area contributed by atoms with Gasteiger partial charge in [0.1, 0.15) is 17.1 Å². The highest BCUT2D eigenvalue weighted by molar-refractivity contribution is 7.16. The van der Waals surface area contributed by atoms with E-state index >= 15 is 0 Å². The van der Waals surface area contributed by atoms with Gasteiger partial charge in [0.2, 0.25) is 5.91 Å². The summed E-state index contributed by atoms with van der Waals surface area (Å²) in [7, 11) is 0. The second-order valence-corrected chi connectivity index (χ2v) is 9.54. The van der Waals surface area contributed by atoms with Crippen LogP contribution < -0.4 is 10.6 Å².